The van der Waals surface area contributed by atoms with Crippen LogP contribution in [0.1, 0.15) is 26.5 Å². The van der Waals surface area contributed by atoms with Gasteiger partial charge < -0.3 is 4.74 Å². The highest BCUT2D eigenvalue weighted by Crippen LogP contribution is 2.23. The van der Waals surface area contributed by atoms with E-state index in [2.05, 4.69) is 36.0 Å². The Bertz CT molecular complexity index is 928. The van der Waals surface area contributed by atoms with E-state index in [1.807, 2.05) is 48.5 Å². The molecule has 1 heterocycles. The van der Waals surface area contributed by atoms with E-state index in [1.165, 1.54) is 0 Å². The quantitative estimate of drug-likeness (QED) is 0.474. The van der Waals surface area contributed by atoms with E-state index in [0.717, 1.165) is 27.1 Å². The van der Waals surface area contributed by atoms with Crippen molar-refractivity contribution >= 4 is 39.6 Å². The molecule has 3 aromatic rings. The number of aryl methyl sites for hydroxylation is 1. The summed E-state index contributed by atoms with van der Waals surface area (Å²) in [6.07, 6.45) is 1.55. The van der Waals surface area contributed by atoms with Crippen LogP contribution in [0.2, 0.25) is 0 Å². The van der Waals surface area contributed by atoms with E-state index in [0.29, 0.717) is 22.9 Å². The fraction of sp³-hybridized carbons (Fsp3) is 0.111. The minimum atomic E-state index is -0.337. The standard InChI is InChI=1S/C18H15BrN4O2S/c1-12-17(26-23-21-12)18(24)22-20-10-14-9-15(19)7-8-16(14)25-11-13-5-3-2-4-6-13/h2-10H,11H2,1H3,(H,22,24)/b20-10+. The average Bonchev–Trinajstić information content (AvgIpc) is 3.08. The van der Waals surface area contributed by atoms with Crippen molar-refractivity contribution in [1.29, 1.82) is 0 Å². The topological polar surface area (TPSA) is 76.5 Å². The summed E-state index contributed by atoms with van der Waals surface area (Å²) in [5.74, 6) is 0.334. The summed E-state index contributed by atoms with van der Waals surface area (Å²) in [7, 11) is 0. The van der Waals surface area contributed by atoms with Gasteiger partial charge in [0.05, 0.1) is 11.9 Å². The first-order valence-corrected chi connectivity index (χ1v) is 9.29. The first-order chi connectivity index (χ1) is 12.6. The van der Waals surface area contributed by atoms with Crippen molar-refractivity contribution in [1.82, 2.24) is 15.0 Å². The smallest absolute Gasteiger partial charge is 0.285 e. The fourth-order valence-electron chi connectivity index (χ4n) is 2.14. The summed E-state index contributed by atoms with van der Waals surface area (Å²) in [5.41, 5.74) is 4.88. The van der Waals surface area contributed by atoms with Crippen molar-refractivity contribution in [3.63, 3.8) is 0 Å². The highest BCUT2D eigenvalue weighted by atomic mass is 79.9. The molecule has 0 spiro atoms. The number of hydrogen-bond acceptors (Lipinski definition) is 6. The summed E-state index contributed by atoms with van der Waals surface area (Å²) in [5, 5.41) is 7.83. The molecule has 0 radical (unpaired) electrons. The second-order valence-corrected chi connectivity index (χ2v) is 7.01. The van der Waals surface area contributed by atoms with Crippen LogP contribution in [0.15, 0.2) is 58.1 Å². The van der Waals surface area contributed by atoms with Gasteiger partial charge in [-0.1, -0.05) is 50.8 Å². The number of amides is 1. The maximum Gasteiger partial charge on any atom is 0.285 e. The summed E-state index contributed by atoms with van der Waals surface area (Å²) >= 11 is 4.47. The third-order valence-corrected chi connectivity index (χ3v) is 4.76. The Kier molecular flexibility index (Phi) is 6.08. The molecule has 0 bridgehead atoms. The molecular formula is C18H15BrN4O2S. The number of benzene rings is 2. The summed E-state index contributed by atoms with van der Waals surface area (Å²) in [6, 6.07) is 15.5. The maximum absolute atomic E-state index is 12.0. The SMILES string of the molecule is Cc1nnsc1C(=O)N/N=C/c1cc(Br)ccc1OCc1ccccc1. The Morgan fingerprint density at radius 3 is 2.85 bits per heavy atom. The van der Waals surface area contributed by atoms with Crippen LogP contribution in [-0.4, -0.2) is 21.7 Å². The Morgan fingerprint density at radius 2 is 2.12 bits per heavy atom. The molecule has 0 unspecified atom stereocenters. The first kappa shape index (κ1) is 18.2. The lowest BCUT2D eigenvalue weighted by Crippen LogP contribution is -2.17. The van der Waals surface area contributed by atoms with Crippen molar-refractivity contribution in [2.24, 2.45) is 5.10 Å². The zero-order valence-corrected chi connectivity index (χ0v) is 16.3. The number of nitrogens with zero attached hydrogens (tertiary/aromatic N) is 3. The molecule has 0 saturated heterocycles. The largest absolute Gasteiger partial charge is 0.488 e. The van der Waals surface area contributed by atoms with Gasteiger partial charge in [0.2, 0.25) is 0 Å². The lowest BCUT2D eigenvalue weighted by atomic mass is 10.2. The number of halogens is 1. The fourth-order valence-corrected chi connectivity index (χ4v) is 3.06. The number of aromatic nitrogens is 2. The van der Waals surface area contributed by atoms with Crippen LogP contribution in [0.3, 0.4) is 0 Å². The third-order valence-electron chi connectivity index (χ3n) is 3.44. The molecule has 132 valence electrons. The van der Waals surface area contributed by atoms with Gasteiger partial charge in [0.25, 0.3) is 5.91 Å². The highest BCUT2D eigenvalue weighted by Gasteiger charge is 2.12. The molecule has 26 heavy (non-hydrogen) atoms. The van der Waals surface area contributed by atoms with Gasteiger partial charge in [0.15, 0.2) is 0 Å². The van der Waals surface area contributed by atoms with Crippen molar-refractivity contribution < 1.29 is 9.53 Å². The Balaban J connectivity index is 1.69. The number of rotatable bonds is 6. The Labute approximate surface area is 163 Å². The Morgan fingerprint density at radius 1 is 1.31 bits per heavy atom. The van der Waals surface area contributed by atoms with Crippen molar-refractivity contribution in [2.75, 3.05) is 0 Å². The monoisotopic (exact) mass is 430 g/mol. The third kappa shape index (κ3) is 4.74. The van der Waals surface area contributed by atoms with Crippen LogP contribution in [-0.2, 0) is 6.61 Å². The van der Waals surface area contributed by atoms with Gasteiger partial charge in [-0.3, -0.25) is 4.79 Å². The Hall–Kier alpha value is -2.58. The van der Waals surface area contributed by atoms with E-state index < -0.39 is 0 Å². The van der Waals surface area contributed by atoms with Crippen LogP contribution < -0.4 is 10.2 Å². The molecule has 0 aliphatic rings. The predicted molar refractivity (Wildman–Crippen MR) is 105 cm³/mol. The molecule has 1 N–H and O–H groups in total. The van der Waals surface area contributed by atoms with Crippen molar-refractivity contribution in [3.8, 4) is 5.75 Å². The van der Waals surface area contributed by atoms with E-state index in [-0.39, 0.29) is 5.91 Å². The lowest BCUT2D eigenvalue weighted by molar-refractivity contribution is 0.0958. The predicted octanol–water partition coefficient (Wildman–Crippen LogP) is 3.95. The maximum atomic E-state index is 12.0. The van der Waals surface area contributed by atoms with Crippen LogP contribution in [0.4, 0.5) is 0 Å². The minimum Gasteiger partial charge on any atom is -0.488 e. The number of ether oxygens (including phenoxy) is 1. The molecule has 0 saturated carbocycles. The van der Waals surface area contributed by atoms with Gasteiger partial charge in [-0.15, -0.1) is 5.10 Å². The lowest BCUT2D eigenvalue weighted by Gasteiger charge is -2.09. The molecule has 0 aliphatic heterocycles. The first-order valence-electron chi connectivity index (χ1n) is 7.72. The molecule has 1 aromatic heterocycles. The zero-order valence-electron chi connectivity index (χ0n) is 13.8. The molecule has 8 heteroatoms. The molecule has 6 nitrogen and oxygen atoms in total. The second kappa shape index (κ2) is 8.68. The molecular weight excluding hydrogens is 416 g/mol. The second-order valence-electron chi connectivity index (χ2n) is 5.34. The number of nitrogens with one attached hydrogen (secondary N) is 1. The molecule has 1 amide bonds. The number of carbonyl (C=O) groups excluding carboxylic acids is 1. The van der Waals surface area contributed by atoms with Crippen LogP contribution in [0, 0.1) is 6.92 Å². The molecule has 3 rings (SSSR count). The minimum absolute atomic E-state index is 0.337. The normalized spacial score (nSPS) is 10.8. The van der Waals surface area contributed by atoms with Gasteiger partial charge in [-0.25, -0.2) is 5.43 Å². The molecule has 0 aliphatic carbocycles. The summed E-state index contributed by atoms with van der Waals surface area (Å²) in [6.45, 7) is 2.17. The van der Waals surface area contributed by atoms with Crippen LogP contribution in [0.5, 0.6) is 5.75 Å². The van der Waals surface area contributed by atoms with Gasteiger partial charge in [-0.05, 0) is 42.2 Å². The van der Waals surface area contributed by atoms with Gasteiger partial charge in [0.1, 0.15) is 17.2 Å². The zero-order chi connectivity index (χ0) is 18.4. The molecule has 0 atom stereocenters. The van der Waals surface area contributed by atoms with Crippen LogP contribution >= 0.6 is 27.5 Å². The average molecular weight is 431 g/mol. The summed E-state index contributed by atoms with van der Waals surface area (Å²) in [4.78, 5) is 12.5. The van der Waals surface area contributed by atoms with Crippen molar-refractivity contribution in [2.45, 2.75) is 13.5 Å². The molecule has 0 fully saturated rings. The van der Waals surface area contributed by atoms with Gasteiger partial charge in [0, 0.05) is 10.0 Å². The van der Waals surface area contributed by atoms with Gasteiger partial charge >= 0.3 is 0 Å². The number of hydrogen-bond donors (Lipinski definition) is 1. The van der Waals surface area contributed by atoms with E-state index in [1.54, 1.807) is 13.1 Å². The molecule has 2 aromatic carbocycles. The number of carbonyl (C=O) groups is 1. The van der Waals surface area contributed by atoms with Gasteiger partial charge in [-0.2, -0.15) is 5.10 Å². The van der Waals surface area contributed by atoms with Crippen LogP contribution in [0.25, 0.3) is 0 Å². The number of hydrazone groups is 1. The van der Waals surface area contributed by atoms with Crippen molar-refractivity contribution in [3.05, 3.63) is 74.7 Å². The van der Waals surface area contributed by atoms with E-state index >= 15 is 0 Å². The summed E-state index contributed by atoms with van der Waals surface area (Å²) < 4.78 is 10.5. The van der Waals surface area contributed by atoms with E-state index in [9.17, 15) is 4.79 Å². The highest BCUT2D eigenvalue weighted by molar-refractivity contribution is 9.10. The van der Waals surface area contributed by atoms with E-state index in [4.69, 9.17) is 4.74 Å².